The average Bonchev–Trinajstić information content (AvgIpc) is 2.73. The van der Waals surface area contributed by atoms with Gasteiger partial charge in [-0.25, -0.2) is 4.98 Å². The summed E-state index contributed by atoms with van der Waals surface area (Å²) in [6.45, 7) is 0. The minimum Gasteiger partial charge on any atom is -0.338 e. The molecule has 0 aliphatic heterocycles. The van der Waals surface area contributed by atoms with Gasteiger partial charge >= 0.3 is 0 Å². The van der Waals surface area contributed by atoms with Crippen LogP contribution in [0.2, 0.25) is 0 Å². The van der Waals surface area contributed by atoms with E-state index in [0.29, 0.717) is 0 Å². The second-order valence-corrected chi connectivity index (χ2v) is 3.66. The number of rotatable bonds is 4. The van der Waals surface area contributed by atoms with E-state index in [1.807, 2.05) is 36.1 Å². The summed E-state index contributed by atoms with van der Waals surface area (Å²) in [5.74, 6) is 6.55. The van der Waals surface area contributed by atoms with Gasteiger partial charge in [0.25, 0.3) is 0 Å². The molecule has 0 spiro atoms. The maximum Gasteiger partial charge on any atom is 0.110 e. The summed E-state index contributed by atoms with van der Waals surface area (Å²) in [5.41, 5.74) is 3.85. The SMILES string of the molecule is Cn1ccnc1CC(NN)c1cccnc1. The quantitative estimate of drug-likeness (QED) is 0.580. The number of nitrogens with one attached hydrogen (secondary N) is 1. The molecule has 0 aliphatic rings. The maximum absolute atomic E-state index is 5.56. The van der Waals surface area contributed by atoms with Gasteiger partial charge in [0.1, 0.15) is 5.82 Å². The summed E-state index contributed by atoms with van der Waals surface area (Å²) in [5, 5.41) is 0. The molecule has 0 aliphatic carbocycles. The third-order valence-electron chi connectivity index (χ3n) is 2.60. The molecular formula is C11H15N5. The largest absolute Gasteiger partial charge is 0.338 e. The summed E-state index contributed by atoms with van der Waals surface area (Å²) in [6.07, 6.45) is 8.01. The van der Waals surface area contributed by atoms with E-state index >= 15 is 0 Å². The number of imidazole rings is 1. The highest BCUT2D eigenvalue weighted by Gasteiger charge is 2.12. The Morgan fingerprint density at radius 3 is 2.94 bits per heavy atom. The van der Waals surface area contributed by atoms with Crippen molar-refractivity contribution in [3.63, 3.8) is 0 Å². The van der Waals surface area contributed by atoms with E-state index in [0.717, 1.165) is 17.8 Å². The highest BCUT2D eigenvalue weighted by Crippen LogP contribution is 2.15. The molecule has 1 atom stereocenters. The van der Waals surface area contributed by atoms with Crippen LogP contribution in [0.4, 0.5) is 0 Å². The topological polar surface area (TPSA) is 68.8 Å². The number of hydrogen-bond acceptors (Lipinski definition) is 4. The Labute approximate surface area is 94.3 Å². The van der Waals surface area contributed by atoms with Crippen LogP contribution in [-0.4, -0.2) is 14.5 Å². The van der Waals surface area contributed by atoms with Crippen LogP contribution in [0.25, 0.3) is 0 Å². The van der Waals surface area contributed by atoms with Gasteiger partial charge in [-0.1, -0.05) is 6.07 Å². The molecule has 5 heteroatoms. The van der Waals surface area contributed by atoms with Gasteiger partial charge in [-0.3, -0.25) is 16.3 Å². The molecular weight excluding hydrogens is 202 g/mol. The molecule has 5 nitrogen and oxygen atoms in total. The van der Waals surface area contributed by atoms with Crippen molar-refractivity contribution in [2.24, 2.45) is 12.9 Å². The van der Waals surface area contributed by atoms with Crippen molar-refractivity contribution in [1.82, 2.24) is 20.0 Å². The lowest BCUT2D eigenvalue weighted by molar-refractivity contribution is 0.529. The third-order valence-corrected chi connectivity index (χ3v) is 2.60. The smallest absolute Gasteiger partial charge is 0.110 e. The lowest BCUT2D eigenvalue weighted by Gasteiger charge is -2.15. The van der Waals surface area contributed by atoms with Crippen molar-refractivity contribution in [3.05, 3.63) is 48.3 Å². The van der Waals surface area contributed by atoms with E-state index in [-0.39, 0.29) is 6.04 Å². The van der Waals surface area contributed by atoms with E-state index in [1.165, 1.54) is 0 Å². The lowest BCUT2D eigenvalue weighted by Crippen LogP contribution is -2.30. The van der Waals surface area contributed by atoms with Gasteiger partial charge in [0.05, 0.1) is 6.04 Å². The zero-order valence-electron chi connectivity index (χ0n) is 9.17. The first-order valence-corrected chi connectivity index (χ1v) is 5.13. The average molecular weight is 217 g/mol. The molecule has 2 aromatic rings. The molecule has 1 unspecified atom stereocenters. The molecule has 0 saturated carbocycles. The molecule has 84 valence electrons. The Kier molecular flexibility index (Phi) is 3.28. The molecule has 2 aromatic heterocycles. The summed E-state index contributed by atoms with van der Waals surface area (Å²) in [6, 6.07) is 3.94. The Bertz CT molecular complexity index is 437. The van der Waals surface area contributed by atoms with Crippen molar-refractivity contribution in [2.75, 3.05) is 0 Å². The van der Waals surface area contributed by atoms with Crippen LogP contribution < -0.4 is 11.3 Å². The third kappa shape index (κ3) is 2.26. The van der Waals surface area contributed by atoms with Crippen molar-refractivity contribution in [2.45, 2.75) is 12.5 Å². The van der Waals surface area contributed by atoms with Gasteiger partial charge in [-0.05, 0) is 11.6 Å². The number of hydrogen-bond donors (Lipinski definition) is 2. The molecule has 16 heavy (non-hydrogen) atoms. The standard InChI is InChI=1S/C11H15N5/c1-16-6-5-14-11(16)7-10(15-12)9-3-2-4-13-8-9/h2-6,8,10,15H,7,12H2,1H3. The van der Waals surface area contributed by atoms with E-state index < -0.39 is 0 Å². The van der Waals surface area contributed by atoms with Gasteiger partial charge in [0.2, 0.25) is 0 Å². The van der Waals surface area contributed by atoms with Crippen LogP contribution >= 0.6 is 0 Å². The first-order chi connectivity index (χ1) is 7.81. The first-order valence-electron chi connectivity index (χ1n) is 5.13. The van der Waals surface area contributed by atoms with E-state index in [2.05, 4.69) is 15.4 Å². The molecule has 2 heterocycles. The van der Waals surface area contributed by atoms with Crippen LogP contribution in [-0.2, 0) is 13.5 Å². The van der Waals surface area contributed by atoms with Crippen molar-refractivity contribution in [1.29, 1.82) is 0 Å². The highest BCUT2D eigenvalue weighted by atomic mass is 15.2. The zero-order chi connectivity index (χ0) is 11.4. The van der Waals surface area contributed by atoms with Crippen LogP contribution in [0.3, 0.4) is 0 Å². The summed E-state index contributed by atoms with van der Waals surface area (Å²) >= 11 is 0. The Morgan fingerprint density at radius 1 is 1.50 bits per heavy atom. The second-order valence-electron chi connectivity index (χ2n) is 3.66. The molecule has 0 fully saturated rings. The second kappa shape index (κ2) is 4.87. The Hall–Kier alpha value is -1.72. The number of nitrogens with zero attached hydrogens (tertiary/aromatic N) is 3. The first kappa shape index (κ1) is 10.8. The highest BCUT2D eigenvalue weighted by molar-refractivity contribution is 5.15. The number of aromatic nitrogens is 3. The fraction of sp³-hybridized carbons (Fsp3) is 0.273. The molecule has 3 N–H and O–H groups in total. The van der Waals surface area contributed by atoms with E-state index in [1.54, 1.807) is 12.4 Å². The van der Waals surface area contributed by atoms with Crippen LogP contribution in [0, 0.1) is 0 Å². The summed E-state index contributed by atoms with van der Waals surface area (Å²) in [7, 11) is 1.97. The van der Waals surface area contributed by atoms with Crippen LogP contribution in [0.1, 0.15) is 17.4 Å². The van der Waals surface area contributed by atoms with Gasteiger partial charge in [-0.2, -0.15) is 0 Å². The monoisotopic (exact) mass is 217 g/mol. The summed E-state index contributed by atoms with van der Waals surface area (Å²) in [4.78, 5) is 8.36. The summed E-state index contributed by atoms with van der Waals surface area (Å²) < 4.78 is 1.99. The Balaban J connectivity index is 2.16. The minimum absolute atomic E-state index is 0.0369. The molecule has 0 radical (unpaired) electrons. The van der Waals surface area contributed by atoms with E-state index in [9.17, 15) is 0 Å². The fourth-order valence-corrected chi connectivity index (χ4v) is 1.63. The fourth-order valence-electron chi connectivity index (χ4n) is 1.63. The molecule has 2 rings (SSSR count). The minimum atomic E-state index is 0.0369. The predicted molar refractivity (Wildman–Crippen MR) is 61.2 cm³/mol. The maximum atomic E-state index is 5.56. The number of nitrogens with two attached hydrogens (primary N) is 1. The molecule has 0 bridgehead atoms. The van der Waals surface area contributed by atoms with Gasteiger partial charge in [0.15, 0.2) is 0 Å². The van der Waals surface area contributed by atoms with E-state index in [4.69, 9.17) is 5.84 Å². The van der Waals surface area contributed by atoms with Gasteiger partial charge in [-0.15, -0.1) is 0 Å². The predicted octanol–water partition coefficient (Wildman–Crippen LogP) is 0.562. The number of hydrazine groups is 1. The number of aryl methyl sites for hydroxylation is 1. The molecule has 0 saturated heterocycles. The van der Waals surface area contributed by atoms with Crippen LogP contribution in [0.15, 0.2) is 36.9 Å². The Morgan fingerprint density at radius 2 is 2.38 bits per heavy atom. The van der Waals surface area contributed by atoms with Gasteiger partial charge in [0, 0.05) is 38.3 Å². The molecule has 0 aromatic carbocycles. The van der Waals surface area contributed by atoms with Crippen LogP contribution in [0.5, 0.6) is 0 Å². The van der Waals surface area contributed by atoms with Crippen molar-refractivity contribution in [3.8, 4) is 0 Å². The van der Waals surface area contributed by atoms with Crippen molar-refractivity contribution >= 4 is 0 Å². The molecule has 0 amide bonds. The normalized spacial score (nSPS) is 12.6. The zero-order valence-corrected chi connectivity index (χ0v) is 9.17. The van der Waals surface area contributed by atoms with Crippen molar-refractivity contribution < 1.29 is 0 Å². The van der Waals surface area contributed by atoms with Gasteiger partial charge < -0.3 is 4.57 Å². The number of pyridine rings is 1. The lowest BCUT2D eigenvalue weighted by atomic mass is 10.1.